The van der Waals surface area contributed by atoms with Gasteiger partial charge in [0.25, 0.3) is 11.8 Å². The molecule has 0 unspecified atom stereocenters. The minimum absolute atomic E-state index is 0.202. The molecule has 0 spiro atoms. The van der Waals surface area contributed by atoms with Crippen molar-refractivity contribution < 1.29 is 19.1 Å². The lowest BCUT2D eigenvalue weighted by atomic mass is 10.2. The molecule has 0 aliphatic rings. The summed E-state index contributed by atoms with van der Waals surface area (Å²) < 4.78 is 10.4. The Hall–Kier alpha value is -3.06. The summed E-state index contributed by atoms with van der Waals surface area (Å²) in [6, 6.07) is 11.8. The number of halogens is 1. The van der Waals surface area contributed by atoms with Crippen LogP contribution in [0.15, 0.2) is 47.6 Å². The molecule has 2 amide bonds. The summed E-state index contributed by atoms with van der Waals surface area (Å²) in [5.41, 5.74) is 8.52. The zero-order valence-electron chi connectivity index (χ0n) is 13.4. The summed E-state index contributed by atoms with van der Waals surface area (Å²) in [6.45, 7) is -0.323. The highest BCUT2D eigenvalue weighted by Gasteiger charge is 2.12. The number of carbonyl (C=O) groups is 2. The van der Waals surface area contributed by atoms with Crippen LogP contribution >= 0.6 is 11.6 Å². The minimum Gasteiger partial charge on any atom is -0.493 e. The van der Waals surface area contributed by atoms with E-state index in [-0.39, 0.29) is 23.3 Å². The lowest BCUT2D eigenvalue weighted by Gasteiger charge is -2.12. The number of hydrogen-bond acceptors (Lipinski definition) is 5. The molecule has 3 N–H and O–H groups in total. The summed E-state index contributed by atoms with van der Waals surface area (Å²) in [6.07, 6.45) is 1.41. The van der Waals surface area contributed by atoms with Gasteiger partial charge in [-0.1, -0.05) is 29.8 Å². The van der Waals surface area contributed by atoms with Crippen molar-refractivity contribution in [1.82, 2.24) is 5.43 Å². The molecule has 0 fully saturated rings. The zero-order chi connectivity index (χ0) is 18.2. The number of hydrogen-bond donors (Lipinski definition) is 2. The second-order valence-corrected chi connectivity index (χ2v) is 5.26. The van der Waals surface area contributed by atoms with Crippen LogP contribution in [0.4, 0.5) is 0 Å². The van der Waals surface area contributed by atoms with Crippen LogP contribution in [0.2, 0.25) is 5.02 Å². The van der Waals surface area contributed by atoms with Crippen molar-refractivity contribution in [2.45, 2.75) is 0 Å². The third-order valence-electron chi connectivity index (χ3n) is 3.03. The number of benzene rings is 2. The van der Waals surface area contributed by atoms with Gasteiger partial charge >= 0.3 is 0 Å². The van der Waals surface area contributed by atoms with Gasteiger partial charge < -0.3 is 15.2 Å². The van der Waals surface area contributed by atoms with Gasteiger partial charge in [-0.2, -0.15) is 5.10 Å². The molecular formula is C17H16ClN3O4. The van der Waals surface area contributed by atoms with Crippen LogP contribution in [0.25, 0.3) is 0 Å². The molecule has 0 aromatic heterocycles. The van der Waals surface area contributed by atoms with Gasteiger partial charge in [-0.15, -0.1) is 0 Å². The molecule has 8 heteroatoms. The summed E-state index contributed by atoms with van der Waals surface area (Å²) in [4.78, 5) is 22.7. The number of ether oxygens (including phenoxy) is 2. The molecule has 130 valence electrons. The van der Waals surface area contributed by atoms with Gasteiger partial charge in [0.2, 0.25) is 0 Å². The van der Waals surface area contributed by atoms with E-state index in [1.165, 1.54) is 13.3 Å². The fourth-order valence-electron chi connectivity index (χ4n) is 1.92. The Morgan fingerprint density at radius 2 is 2.00 bits per heavy atom. The van der Waals surface area contributed by atoms with Gasteiger partial charge in [-0.3, -0.25) is 9.59 Å². The zero-order valence-corrected chi connectivity index (χ0v) is 14.1. The number of amides is 2. The first kappa shape index (κ1) is 18.3. The van der Waals surface area contributed by atoms with E-state index in [9.17, 15) is 9.59 Å². The predicted octanol–water partition coefficient (Wildman–Crippen LogP) is 1.98. The van der Waals surface area contributed by atoms with Crippen LogP contribution in [0, 0.1) is 0 Å². The van der Waals surface area contributed by atoms with Gasteiger partial charge in [0.05, 0.1) is 18.3 Å². The van der Waals surface area contributed by atoms with E-state index in [0.29, 0.717) is 16.9 Å². The highest BCUT2D eigenvalue weighted by Crippen LogP contribution is 2.35. The van der Waals surface area contributed by atoms with Gasteiger partial charge in [0.15, 0.2) is 18.1 Å². The van der Waals surface area contributed by atoms with Crippen LogP contribution in [-0.2, 0) is 4.79 Å². The van der Waals surface area contributed by atoms with Crippen molar-refractivity contribution >= 4 is 29.6 Å². The molecule has 0 heterocycles. The topological polar surface area (TPSA) is 103 Å². The van der Waals surface area contributed by atoms with Gasteiger partial charge in [0.1, 0.15) is 0 Å². The van der Waals surface area contributed by atoms with E-state index in [0.717, 1.165) is 0 Å². The van der Waals surface area contributed by atoms with Gasteiger partial charge in [0, 0.05) is 5.56 Å². The standard InChI is InChI=1S/C17H16ClN3O4/c1-24-14-8-11(7-13(18)16(14)25-10-15(19)22)9-20-21-17(23)12-5-3-2-4-6-12/h2-9H,10H2,1H3,(H2,19,22)(H,21,23)/b20-9+. The molecule has 0 atom stereocenters. The van der Waals surface area contributed by atoms with E-state index in [2.05, 4.69) is 10.5 Å². The average Bonchev–Trinajstić information content (AvgIpc) is 2.60. The molecule has 2 aromatic carbocycles. The van der Waals surface area contributed by atoms with Crippen LogP contribution in [-0.4, -0.2) is 31.7 Å². The summed E-state index contributed by atoms with van der Waals surface area (Å²) >= 11 is 6.13. The smallest absolute Gasteiger partial charge is 0.271 e. The third-order valence-corrected chi connectivity index (χ3v) is 3.31. The Morgan fingerprint density at radius 1 is 1.28 bits per heavy atom. The van der Waals surface area contributed by atoms with Crippen molar-refractivity contribution in [3.8, 4) is 11.5 Å². The Morgan fingerprint density at radius 3 is 2.64 bits per heavy atom. The molecule has 0 bridgehead atoms. The Labute approximate surface area is 149 Å². The monoisotopic (exact) mass is 361 g/mol. The fourth-order valence-corrected chi connectivity index (χ4v) is 2.19. The molecule has 2 rings (SSSR count). The third kappa shape index (κ3) is 5.22. The largest absolute Gasteiger partial charge is 0.493 e. The lowest BCUT2D eigenvalue weighted by molar-refractivity contribution is -0.119. The number of nitrogens with one attached hydrogen (secondary N) is 1. The number of nitrogens with two attached hydrogens (primary N) is 1. The number of methoxy groups -OCH3 is 1. The number of carbonyl (C=O) groups excluding carboxylic acids is 2. The van der Waals surface area contributed by atoms with Crippen LogP contribution in [0.5, 0.6) is 11.5 Å². The SMILES string of the molecule is COc1cc(/C=N/NC(=O)c2ccccc2)cc(Cl)c1OCC(N)=O. The summed E-state index contributed by atoms with van der Waals surface area (Å²) in [5.74, 6) is -0.457. The van der Waals surface area contributed by atoms with Crippen LogP contribution in [0.3, 0.4) is 0 Å². The molecule has 7 nitrogen and oxygen atoms in total. The Bertz CT molecular complexity index is 794. The number of hydrazone groups is 1. The van der Waals surface area contributed by atoms with E-state index < -0.39 is 5.91 Å². The average molecular weight is 362 g/mol. The predicted molar refractivity (Wildman–Crippen MR) is 94.2 cm³/mol. The molecule has 0 aliphatic carbocycles. The van der Waals surface area contributed by atoms with E-state index in [1.54, 1.807) is 36.4 Å². The first-order valence-electron chi connectivity index (χ1n) is 7.18. The first-order chi connectivity index (χ1) is 12.0. The minimum atomic E-state index is -0.632. The highest BCUT2D eigenvalue weighted by atomic mass is 35.5. The second-order valence-electron chi connectivity index (χ2n) is 4.85. The number of rotatable bonds is 7. The summed E-state index contributed by atoms with van der Waals surface area (Å²) in [7, 11) is 1.43. The van der Waals surface area contributed by atoms with Gasteiger partial charge in [-0.05, 0) is 29.8 Å². The van der Waals surface area contributed by atoms with Crippen molar-refractivity contribution in [2.24, 2.45) is 10.8 Å². The molecular weight excluding hydrogens is 346 g/mol. The lowest BCUT2D eigenvalue weighted by Crippen LogP contribution is -2.20. The molecule has 2 aromatic rings. The molecule has 0 radical (unpaired) electrons. The van der Waals surface area contributed by atoms with Crippen molar-refractivity contribution in [3.63, 3.8) is 0 Å². The van der Waals surface area contributed by atoms with Crippen LogP contribution in [0.1, 0.15) is 15.9 Å². The van der Waals surface area contributed by atoms with Crippen molar-refractivity contribution in [3.05, 3.63) is 58.6 Å². The molecule has 0 saturated heterocycles. The molecule has 0 saturated carbocycles. The van der Waals surface area contributed by atoms with E-state index in [1.807, 2.05) is 6.07 Å². The first-order valence-corrected chi connectivity index (χ1v) is 7.56. The van der Waals surface area contributed by atoms with Crippen molar-refractivity contribution in [1.29, 1.82) is 0 Å². The maximum atomic E-state index is 11.9. The van der Waals surface area contributed by atoms with Crippen molar-refractivity contribution in [2.75, 3.05) is 13.7 Å². The number of nitrogens with zero attached hydrogens (tertiary/aromatic N) is 1. The molecule has 0 aliphatic heterocycles. The Kier molecular flexibility index (Phi) is 6.36. The highest BCUT2D eigenvalue weighted by molar-refractivity contribution is 6.32. The normalized spacial score (nSPS) is 10.5. The maximum Gasteiger partial charge on any atom is 0.271 e. The van der Waals surface area contributed by atoms with E-state index >= 15 is 0 Å². The fraction of sp³-hybridized carbons (Fsp3) is 0.118. The second kappa shape index (κ2) is 8.70. The molecule has 25 heavy (non-hydrogen) atoms. The van der Waals surface area contributed by atoms with E-state index in [4.69, 9.17) is 26.8 Å². The van der Waals surface area contributed by atoms with Crippen LogP contribution < -0.4 is 20.6 Å². The number of primary amides is 1. The quantitative estimate of drug-likeness (QED) is 0.581. The Balaban J connectivity index is 2.10. The van der Waals surface area contributed by atoms with Gasteiger partial charge in [-0.25, -0.2) is 5.43 Å². The maximum absolute atomic E-state index is 11.9. The summed E-state index contributed by atoms with van der Waals surface area (Å²) in [5, 5.41) is 4.10.